The first-order chi connectivity index (χ1) is 12.3. The molecule has 0 spiro atoms. The van der Waals surface area contributed by atoms with E-state index in [1.807, 2.05) is 39.0 Å². The molecule has 0 aliphatic carbocycles. The molecule has 0 saturated carbocycles. The summed E-state index contributed by atoms with van der Waals surface area (Å²) >= 11 is 0. The van der Waals surface area contributed by atoms with Crippen molar-refractivity contribution in [2.45, 2.75) is 32.7 Å². The van der Waals surface area contributed by atoms with Crippen molar-refractivity contribution in [2.75, 3.05) is 23.3 Å². The van der Waals surface area contributed by atoms with Crippen molar-refractivity contribution in [1.29, 1.82) is 0 Å². The van der Waals surface area contributed by atoms with Gasteiger partial charge in [0.15, 0.2) is 0 Å². The zero-order valence-electron chi connectivity index (χ0n) is 15.5. The Balaban J connectivity index is 1.63. The van der Waals surface area contributed by atoms with Crippen LogP contribution in [0.4, 0.5) is 11.4 Å². The molecule has 136 valence electrons. The van der Waals surface area contributed by atoms with Gasteiger partial charge in [0, 0.05) is 29.0 Å². The van der Waals surface area contributed by atoms with Gasteiger partial charge in [-0.25, -0.2) is 0 Å². The highest BCUT2D eigenvalue weighted by Crippen LogP contribution is 2.27. The number of carbonyl (C=O) groups excluding carboxylic acids is 2. The fraction of sp³-hybridized carbons (Fsp3) is 0.333. The number of anilines is 2. The number of benzene rings is 2. The van der Waals surface area contributed by atoms with Crippen molar-refractivity contribution in [3.05, 3.63) is 59.7 Å². The van der Waals surface area contributed by atoms with E-state index in [1.165, 1.54) is 5.56 Å². The minimum Gasteiger partial charge on any atom is -0.362 e. The molecule has 1 aliphatic rings. The second-order valence-electron chi connectivity index (χ2n) is 7.63. The van der Waals surface area contributed by atoms with E-state index in [9.17, 15) is 9.59 Å². The maximum Gasteiger partial charge on any atom is 0.251 e. The fourth-order valence-corrected chi connectivity index (χ4v) is 3.10. The molecule has 3 rings (SSSR count). The smallest absolute Gasteiger partial charge is 0.251 e. The zero-order chi connectivity index (χ0) is 18.7. The van der Waals surface area contributed by atoms with Crippen molar-refractivity contribution in [3.63, 3.8) is 0 Å². The Morgan fingerprint density at radius 1 is 1.08 bits per heavy atom. The number of amides is 2. The molecule has 0 radical (unpaired) electrons. The Morgan fingerprint density at radius 2 is 1.85 bits per heavy atom. The highest BCUT2D eigenvalue weighted by molar-refractivity contribution is 5.98. The highest BCUT2D eigenvalue weighted by Gasteiger charge is 2.21. The number of rotatable bonds is 4. The molecule has 1 heterocycles. The lowest BCUT2D eigenvalue weighted by molar-refractivity contribution is -0.115. The maximum atomic E-state index is 12.4. The second-order valence-corrected chi connectivity index (χ2v) is 7.63. The number of hydrogen-bond donors (Lipinski definition) is 2. The predicted octanol–water partition coefficient (Wildman–Crippen LogP) is 3.22. The average molecular weight is 351 g/mol. The van der Waals surface area contributed by atoms with Gasteiger partial charge < -0.3 is 15.5 Å². The van der Waals surface area contributed by atoms with Crippen molar-refractivity contribution < 1.29 is 9.59 Å². The Kier molecular flexibility index (Phi) is 4.98. The van der Waals surface area contributed by atoms with Crippen LogP contribution in [-0.4, -0.2) is 30.4 Å². The van der Waals surface area contributed by atoms with Crippen LogP contribution in [0.2, 0.25) is 0 Å². The van der Waals surface area contributed by atoms with Gasteiger partial charge in [-0.2, -0.15) is 0 Å². The first-order valence-corrected chi connectivity index (χ1v) is 8.87. The lowest BCUT2D eigenvalue weighted by Crippen LogP contribution is -2.40. The first-order valence-electron chi connectivity index (χ1n) is 8.87. The molecule has 0 bridgehead atoms. The van der Waals surface area contributed by atoms with Crippen LogP contribution in [0.15, 0.2) is 48.5 Å². The molecule has 5 heteroatoms. The lowest BCUT2D eigenvalue weighted by Gasteiger charge is -2.21. The highest BCUT2D eigenvalue weighted by atomic mass is 16.2. The monoisotopic (exact) mass is 351 g/mol. The van der Waals surface area contributed by atoms with E-state index in [0.29, 0.717) is 17.8 Å². The molecule has 2 amide bonds. The number of fused-ring (bicyclic) bond motifs is 1. The third kappa shape index (κ3) is 4.42. The van der Waals surface area contributed by atoms with E-state index in [0.717, 1.165) is 18.7 Å². The summed E-state index contributed by atoms with van der Waals surface area (Å²) in [5.74, 6) is -0.239. The van der Waals surface area contributed by atoms with Gasteiger partial charge in [-0.3, -0.25) is 9.59 Å². The van der Waals surface area contributed by atoms with Crippen LogP contribution < -0.4 is 15.5 Å². The molecule has 0 saturated heterocycles. The van der Waals surface area contributed by atoms with Gasteiger partial charge in [-0.1, -0.05) is 24.3 Å². The molecular formula is C21H25N3O2. The lowest BCUT2D eigenvalue weighted by atomic mass is 10.1. The van der Waals surface area contributed by atoms with E-state index in [4.69, 9.17) is 0 Å². The fourth-order valence-electron chi connectivity index (χ4n) is 3.10. The van der Waals surface area contributed by atoms with E-state index in [1.54, 1.807) is 24.3 Å². The van der Waals surface area contributed by atoms with Crippen molar-refractivity contribution in [2.24, 2.45) is 0 Å². The Hall–Kier alpha value is -2.82. The third-order valence-electron chi connectivity index (χ3n) is 4.21. The van der Waals surface area contributed by atoms with Crippen LogP contribution in [0.5, 0.6) is 0 Å². The minimum absolute atomic E-state index is 0.0879. The summed E-state index contributed by atoms with van der Waals surface area (Å²) in [7, 11) is 0. The SMILES string of the molecule is CC(C)(C)NC(=O)c1cccc(NC(=O)CN2CCc3ccccc32)c1. The van der Waals surface area contributed by atoms with Crippen LogP contribution in [0.3, 0.4) is 0 Å². The molecule has 0 atom stereocenters. The van der Waals surface area contributed by atoms with Crippen LogP contribution in [0.25, 0.3) is 0 Å². The molecule has 2 N–H and O–H groups in total. The number of hydrogen-bond acceptors (Lipinski definition) is 3. The van der Waals surface area contributed by atoms with Crippen LogP contribution in [-0.2, 0) is 11.2 Å². The molecule has 5 nitrogen and oxygen atoms in total. The average Bonchev–Trinajstić information content (AvgIpc) is 2.96. The number of nitrogens with one attached hydrogen (secondary N) is 2. The quantitative estimate of drug-likeness (QED) is 0.889. The van der Waals surface area contributed by atoms with E-state index >= 15 is 0 Å². The van der Waals surface area contributed by atoms with Gasteiger partial charge in [0.05, 0.1) is 6.54 Å². The molecule has 26 heavy (non-hydrogen) atoms. The predicted molar refractivity (Wildman–Crippen MR) is 105 cm³/mol. The van der Waals surface area contributed by atoms with E-state index < -0.39 is 0 Å². The summed E-state index contributed by atoms with van der Waals surface area (Å²) in [4.78, 5) is 26.8. The van der Waals surface area contributed by atoms with Crippen molar-refractivity contribution in [1.82, 2.24) is 5.32 Å². The zero-order valence-corrected chi connectivity index (χ0v) is 15.5. The van der Waals surface area contributed by atoms with Crippen LogP contribution >= 0.6 is 0 Å². The summed E-state index contributed by atoms with van der Waals surface area (Å²) in [6.45, 7) is 6.95. The largest absolute Gasteiger partial charge is 0.362 e. The topological polar surface area (TPSA) is 61.4 Å². The summed E-state index contributed by atoms with van der Waals surface area (Å²) in [5, 5.41) is 5.82. The van der Waals surface area contributed by atoms with Gasteiger partial charge in [-0.05, 0) is 57.0 Å². The molecule has 0 unspecified atom stereocenters. The maximum absolute atomic E-state index is 12.4. The van der Waals surface area contributed by atoms with Crippen molar-refractivity contribution >= 4 is 23.2 Å². The molecule has 2 aromatic rings. The summed E-state index contributed by atoms with van der Waals surface area (Å²) in [6, 6.07) is 15.2. The Bertz CT molecular complexity index is 824. The summed E-state index contributed by atoms with van der Waals surface area (Å²) < 4.78 is 0. The van der Waals surface area contributed by atoms with E-state index in [-0.39, 0.29) is 17.4 Å². The van der Waals surface area contributed by atoms with Gasteiger partial charge >= 0.3 is 0 Å². The van der Waals surface area contributed by atoms with Crippen LogP contribution in [0.1, 0.15) is 36.7 Å². The first kappa shape index (κ1) is 18.0. The second kappa shape index (κ2) is 7.20. The normalized spacial score (nSPS) is 13.3. The molecule has 2 aromatic carbocycles. The molecular weight excluding hydrogens is 326 g/mol. The van der Waals surface area contributed by atoms with Gasteiger partial charge in [0.1, 0.15) is 0 Å². The molecule has 1 aliphatic heterocycles. The summed E-state index contributed by atoms with van der Waals surface area (Å²) in [6.07, 6.45) is 0.964. The van der Waals surface area contributed by atoms with Gasteiger partial charge in [-0.15, -0.1) is 0 Å². The number of para-hydroxylation sites is 1. The standard InChI is InChI=1S/C21H25N3O2/c1-21(2,3)23-20(26)16-8-6-9-17(13-16)22-19(25)14-24-12-11-15-7-4-5-10-18(15)24/h4-10,13H,11-12,14H2,1-3H3,(H,22,25)(H,23,26). The van der Waals surface area contributed by atoms with E-state index in [2.05, 4.69) is 21.6 Å². The van der Waals surface area contributed by atoms with Gasteiger partial charge in [0.2, 0.25) is 5.91 Å². The summed E-state index contributed by atoms with van der Waals surface area (Å²) in [5.41, 5.74) is 3.26. The van der Waals surface area contributed by atoms with Crippen LogP contribution in [0, 0.1) is 0 Å². The van der Waals surface area contributed by atoms with Gasteiger partial charge in [0.25, 0.3) is 5.91 Å². The number of nitrogens with zero attached hydrogens (tertiary/aromatic N) is 1. The number of carbonyl (C=O) groups is 2. The minimum atomic E-state index is -0.306. The third-order valence-corrected chi connectivity index (χ3v) is 4.21. The Labute approximate surface area is 154 Å². The molecule has 0 fully saturated rings. The Morgan fingerprint density at radius 3 is 2.62 bits per heavy atom. The molecule has 0 aromatic heterocycles. The van der Waals surface area contributed by atoms with Crippen molar-refractivity contribution in [3.8, 4) is 0 Å².